The molecule has 1 aliphatic heterocycles. The minimum Gasteiger partial charge on any atom is -0.461 e. The molecule has 3 rings (SSSR count). The van der Waals surface area contributed by atoms with Gasteiger partial charge in [0.25, 0.3) is 0 Å². The molecule has 1 saturated heterocycles. The van der Waals surface area contributed by atoms with Gasteiger partial charge in [0, 0.05) is 23.7 Å². The van der Waals surface area contributed by atoms with Gasteiger partial charge in [0.05, 0.1) is 10.9 Å². The standard InChI is InChI=1S/C20H20Cl2N2O5S/c21-16-5-6-17(22)18(11-16)30(27,28)24-9-7-15(8-10-24)20(26)29-12-13-1-3-14(4-2-13)19(23)25/h1-6,11,15H,7-10,12H2,(H2,23,25). The van der Waals surface area contributed by atoms with E-state index in [0.717, 1.165) is 5.56 Å². The zero-order valence-corrected chi connectivity index (χ0v) is 18.2. The van der Waals surface area contributed by atoms with Crippen molar-refractivity contribution in [3.8, 4) is 0 Å². The molecule has 1 amide bonds. The number of benzene rings is 2. The highest BCUT2D eigenvalue weighted by atomic mass is 35.5. The molecule has 1 fully saturated rings. The maximum atomic E-state index is 12.9. The van der Waals surface area contributed by atoms with E-state index >= 15 is 0 Å². The van der Waals surface area contributed by atoms with E-state index in [4.69, 9.17) is 33.7 Å². The first-order chi connectivity index (χ1) is 14.2. The fourth-order valence-electron chi connectivity index (χ4n) is 3.18. The lowest BCUT2D eigenvalue weighted by atomic mass is 9.98. The Balaban J connectivity index is 1.56. The zero-order valence-electron chi connectivity index (χ0n) is 15.9. The zero-order chi connectivity index (χ0) is 21.9. The first kappa shape index (κ1) is 22.6. The molecule has 7 nitrogen and oxygen atoms in total. The van der Waals surface area contributed by atoms with Gasteiger partial charge in [-0.15, -0.1) is 0 Å². The fraction of sp³-hybridized carbons (Fsp3) is 0.300. The molecule has 0 spiro atoms. The number of primary amides is 1. The maximum Gasteiger partial charge on any atom is 0.309 e. The average molecular weight is 471 g/mol. The molecule has 160 valence electrons. The number of ether oxygens (including phenoxy) is 1. The molecule has 1 aliphatic rings. The molecule has 10 heteroatoms. The first-order valence-electron chi connectivity index (χ1n) is 9.19. The van der Waals surface area contributed by atoms with Crippen molar-refractivity contribution in [1.82, 2.24) is 4.31 Å². The van der Waals surface area contributed by atoms with Crippen molar-refractivity contribution in [2.24, 2.45) is 11.7 Å². The monoisotopic (exact) mass is 470 g/mol. The number of halogens is 2. The third-order valence-electron chi connectivity index (χ3n) is 4.92. The lowest BCUT2D eigenvalue weighted by molar-refractivity contribution is -0.151. The van der Waals surface area contributed by atoms with Crippen molar-refractivity contribution >= 4 is 45.1 Å². The summed E-state index contributed by atoms with van der Waals surface area (Å²) in [6.07, 6.45) is 0.688. The van der Waals surface area contributed by atoms with Crippen LogP contribution in [0.3, 0.4) is 0 Å². The normalized spacial score (nSPS) is 15.7. The molecule has 1 heterocycles. The highest BCUT2D eigenvalue weighted by Gasteiger charge is 2.34. The molecule has 0 aromatic heterocycles. The molecule has 0 unspecified atom stereocenters. The molecule has 0 aliphatic carbocycles. The molecule has 0 saturated carbocycles. The van der Waals surface area contributed by atoms with Gasteiger partial charge < -0.3 is 10.5 Å². The van der Waals surface area contributed by atoms with Gasteiger partial charge in [0.2, 0.25) is 15.9 Å². The Morgan fingerprint density at radius 3 is 2.30 bits per heavy atom. The van der Waals surface area contributed by atoms with E-state index < -0.39 is 21.8 Å². The number of rotatable bonds is 6. The van der Waals surface area contributed by atoms with Gasteiger partial charge in [-0.2, -0.15) is 4.31 Å². The molecule has 2 aromatic rings. The third kappa shape index (κ3) is 5.13. The van der Waals surface area contributed by atoms with Gasteiger partial charge in [0.1, 0.15) is 11.5 Å². The van der Waals surface area contributed by atoms with Gasteiger partial charge in [0.15, 0.2) is 0 Å². The summed E-state index contributed by atoms with van der Waals surface area (Å²) in [5.74, 6) is -1.30. The topological polar surface area (TPSA) is 107 Å². The molecule has 0 atom stereocenters. The van der Waals surface area contributed by atoms with Crippen LogP contribution in [0.2, 0.25) is 10.0 Å². The van der Waals surface area contributed by atoms with Crippen LogP contribution in [0.4, 0.5) is 0 Å². The minimum atomic E-state index is -3.80. The Morgan fingerprint density at radius 1 is 1.07 bits per heavy atom. The van der Waals surface area contributed by atoms with Crippen LogP contribution in [-0.2, 0) is 26.2 Å². The molecule has 2 aromatic carbocycles. The Hall–Kier alpha value is -2.13. The third-order valence-corrected chi connectivity index (χ3v) is 7.53. The summed E-state index contributed by atoms with van der Waals surface area (Å²) >= 11 is 12.0. The lowest BCUT2D eigenvalue weighted by Crippen LogP contribution is -2.40. The summed E-state index contributed by atoms with van der Waals surface area (Å²) in [5, 5.41) is 0.378. The Bertz CT molecular complexity index is 1050. The number of carbonyl (C=O) groups is 2. The van der Waals surface area contributed by atoms with Crippen molar-refractivity contribution < 1.29 is 22.7 Å². The van der Waals surface area contributed by atoms with Crippen molar-refractivity contribution in [1.29, 1.82) is 0 Å². The number of hydrogen-bond donors (Lipinski definition) is 1. The Kier molecular flexibility index (Phi) is 7.02. The molecule has 30 heavy (non-hydrogen) atoms. The first-order valence-corrected chi connectivity index (χ1v) is 11.4. The number of carbonyl (C=O) groups excluding carboxylic acids is 2. The van der Waals surface area contributed by atoms with E-state index in [0.29, 0.717) is 18.4 Å². The largest absolute Gasteiger partial charge is 0.461 e. The summed E-state index contributed by atoms with van der Waals surface area (Å²) < 4.78 is 32.4. The van der Waals surface area contributed by atoms with Crippen LogP contribution in [0.1, 0.15) is 28.8 Å². The molecule has 0 radical (unpaired) electrons. The number of nitrogens with zero attached hydrogens (tertiary/aromatic N) is 1. The van der Waals surface area contributed by atoms with Crippen molar-refractivity contribution in [3.05, 3.63) is 63.6 Å². The van der Waals surface area contributed by atoms with Crippen LogP contribution in [0.5, 0.6) is 0 Å². The lowest BCUT2D eigenvalue weighted by Gasteiger charge is -2.30. The highest BCUT2D eigenvalue weighted by Crippen LogP contribution is 2.30. The highest BCUT2D eigenvalue weighted by molar-refractivity contribution is 7.89. The van der Waals surface area contributed by atoms with Crippen molar-refractivity contribution in [2.45, 2.75) is 24.3 Å². The quantitative estimate of drug-likeness (QED) is 0.651. The second-order valence-corrected chi connectivity index (χ2v) is 9.67. The van der Waals surface area contributed by atoms with Gasteiger partial charge in [-0.1, -0.05) is 35.3 Å². The van der Waals surface area contributed by atoms with Crippen LogP contribution < -0.4 is 5.73 Å². The summed E-state index contributed by atoms with van der Waals surface area (Å²) in [4.78, 5) is 23.4. The van der Waals surface area contributed by atoms with E-state index in [1.165, 1.54) is 22.5 Å². The summed E-state index contributed by atoms with van der Waals surface area (Å²) in [6, 6.07) is 10.7. The van der Waals surface area contributed by atoms with Crippen LogP contribution in [0.15, 0.2) is 47.4 Å². The maximum absolute atomic E-state index is 12.9. The smallest absolute Gasteiger partial charge is 0.309 e. The predicted octanol–water partition coefficient (Wildman–Crippen LogP) is 3.24. The second-order valence-electron chi connectivity index (χ2n) is 6.92. The number of piperidine rings is 1. The van der Waals surface area contributed by atoms with Crippen LogP contribution in [0.25, 0.3) is 0 Å². The second kappa shape index (κ2) is 9.34. The molecular weight excluding hydrogens is 451 g/mol. The summed E-state index contributed by atoms with van der Waals surface area (Å²) in [7, 11) is -3.80. The molecular formula is C20H20Cl2N2O5S. The van der Waals surface area contributed by atoms with Crippen LogP contribution in [-0.4, -0.2) is 37.7 Å². The molecule has 0 bridgehead atoms. The number of hydrogen-bond acceptors (Lipinski definition) is 5. The van der Waals surface area contributed by atoms with E-state index in [9.17, 15) is 18.0 Å². The molecule has 2 N–H and O–H groups in total. The van der Waals surface area contributed by atoms with Crippen LogP contribution >= 0.6 is 23.2 Å². The van der Waals surface area contributed by atoms with Gasteiger partial charge >= 0.3 is 5.97 Å². The summed E-state index contributed by atoms with van der Waals surface area (Å²) in [6.45, 7) is 0.422. The predicted molar refractivity (Wildman–Crippen MR) is 113 cm³/mol. The number of nitrogens with two attached hydrogens (primary N) is 1. The van der Waals surface area contributed by atoms with Crippen molar-refractivity contribution in [3.63, 3.8) is 0 Å². The van der Waals surface area contributed by atoms with E-state index in [2.05, 4.69) is 0 Å². The number of sulfonamides is 1. The number of amides is 1. The van der Waals surface area contributed by atoms with Gasteiger partial charge in [-0.05, 0) is 48.7 Å². The van der Waals surface area contributed by atoms with E-state index in [-0.39, 0.29) is 40.6 Å². The Labute approximate surface area is 184 Å². The average Bonchev–Trinajstić information content (AvgIpc) is 2.74. The van der Waals surface area contributed by atoms with Gasteiger partial charge in [-0.3, -0.25) is 9.59 Å². The fourth-order valence-corrected chi connectivity index (χ4v) is 5.39. The van der Waals surface area contributed by atoms with Gasteiger partial charge in [-0.25, -0.2) is 8.42 Å². The summed E-state index contributed by atoms with van der Waals surface area (Å²) in [5.41, 5.74) is 6.29. The van der Waals surface area contributed by atoms with E-state index in [1.807, 2.05) is 0 Å². The Morgan fingerprint density at radius 2 is 1.70 bits per heavy atom. The number of esters is 1. The minimum absolute atomic E-state index is 0.0444. The van der Waals surface area contributed by atoms with E-state index in [1.54, 1.807) is 24.3 Å². The SMILES string of the molecule is NC(=O)c1ccc(COC(=O)C2CCN(S(=O)(=O)c3cc(Cl)ccc3Cl)CC2)cc1. The van der Waals surface area contributed by atoms with Crippen LogP contribution in [0, 0.1) is 5.92 Å². The van der Waals surface area contributed by atoms with Crippen molar-refractivity contribution in [2.75, 3.05) is 13.1 Å².